The maximum Gasteiger partial charge on any atom is 0.251 e. The van der Waals surface area contributed by atoms with E-state index < -0.39 is 12.1 Å². The monoisotopic (exact) mass is 567 g/mol. The highest BCUT2D eigenvalue weighted by Crippen LogP contribution is 2.33. The summed E-state index contributed by atoms with van der Waals surface area (Å²) in [4.78, 5) is 71.6. The van der Waals surface area contributed by atoms with Gasteiger partial charge in [-0.2, -0.15) is 0 Å². The molecule has 3 aliphatic heterocycles. The van der Waals surface area contributed by atoms with Crippen LogP contribution in [0.4, 0.5) is 5.69 Å². The first kappa shape index (κ1) is 30.5. The number of nitrogens with zero attached hydrogens (tertiary/aromatic N) is 4. The summed E-state index contributed by atoms with van der Waals surface area (Å²) < 4.78 is 0. The van der Waals surface area contributed by atoms with Crippen LogP contribution in [0, 0.1) is 5.92 Å². The number of likely N-dealkylation sites (tertiary alicyclic amines) is 3. The van der Waals surface area contributed by atoms with E-state index in [1.165, 1.54) is 6.92 Å². The Labute approximate surface area is 243 Å². The van der Waals surface area contributed by atoms with Gasteiger partial charge in [0.1, 0.15) is 12.1 Å². The molecular weight excluding hydrogens is 522 g/mol. The Hall–Kier alpha value is -3.43. The summed E-state index contributed by atoms with van der Waals surface area (Å²) >= 11 is 0. The van der Waals surface area contributed by atoms with Crippen LogP contribution >= 0.6 is 0 Å². The Morgan fingerprint density at radius 2 is 1.68 bits per heavy atom. The molecule has 224 valence electrons. The fourth-order valence-electron chi connectivity index (χ4n) is 6.61. The summed E-state index contributed by atoms with van der Waals surface area (Å²) in [5.41, 5.74) is 1.69. The molecule has 0 saturated carbocycles. The van der Waals surface area contributed by atoms with Crippen LogP contribution in [0.2, 0.25) is 0 Å². The van der Waals surface area contributed by atoms with Crippen molar-refractivity contribution in [3.63, 3.8) is 0 Å². The van der Waals surface area contributed by atoms with E-state index in [2.05, 4.69) is 24.1 Å². The van der Waals surface area contributed by atoms with Gasteiger partial charge in [0, 0.05) is 57.3 Å². The number of ketones is 1. The zero-order chi connectivity index (χ0) is 29.7. The quantitative estimate of drug-likeness (QED) is 0.465. The Morgan fingerprint density at radius 1 is 0.976 bits per heavy atom. The minimum atomic E-state index is -0.605. The molecule has 3 heterocycles. The van der Waals surface area contributed by atoms with Gasteiger partial charge < -0.3 is 24.9 Å². The first-order valence-corrected chi connectivity index (χ1v) is 15.2. The second-order valence-electron chi connectivity index (χ2n) is 11.6. The van der Waals surface area contributed by atoms with Crippen molar-refractivity contribution in [3.05, 3.63) is 29.8 Å². The van der Waals surface area contributed by atoms with E-state index in [1.54, 1.807) is 14.7 Å². The number of fused-ring (bicyclic) bond motifs is 1. The molecule has 1 N–H and O–H groups in total. The van der Waals surface area contributed by atoms with Crippen molar-refractivity contribution in [1.82, 2.24) is 20.0 Å². The predicted molar refractivity (Wildman–Crippen MR) is 156 cm³/mol. The fraction of sp³-hybridized carbons (Fsp3) is 0.645. The van der Waals surface area contributed by atoms with Gasteiger partial charge in [0.25, 0.3) is 5.91 Å². The number of nitrogens with one attached hydrogen (secondary N) is 1. The molecule has 10 nitrogen and oxygen atoms in total. The first-order valence-electron chi connectivity index (χ1n) is 15.2. The van der Waals surface area contributed by atoms with Crippen molar-refractivity contribution >= 4 is 35.1 Å². The number of Topliss-reactive ketones (excluding diaryl/α,β-unsaturated/α-hetero) is 1. The van der Waals surface area contributed by atoms with Gasteiger partial charge in [-0.1, -0.05) is 6.92 Å². The van der Waals surface area contributed by atoms with Crippen molar-refractivity contribution in [2.75, 3.05) is 44.2 Å². The van der Waals surface area contributed by atoms with E-state index in [4.69, 9.17) is 0 Å². The third-order valence-electron chi connectivity index (χ3n) is 8.92. The number of piperidine rings is 1. The number of carbonyl (C=O) groups is 5. The normalized spacial score (nSPS) is 22.9. The smallest absolute Gasteiger partial charge is 0.251 e. The van der Waals surface area contributed by atoms with Crippen molar-refractivity contribution in [3.8, 4) is 0 Å². The predicted octanol–water partition coefficient (Wildman–Crippen LogP) is 2.46. The summed E-state index contributed by atoms with van der Waals surface area (Å²) in [5, 5.41) is 2.95. The van der Waals surface area contributed by atoms with Crippen LogP contribution in [-0.2, 0) is 19.2 Å². The van der Waals surface area contributed by atoms with Crippen LogP contribution in [-0.4, -0.2) is 102 Å². The Kier molecular flexibility index (Phi) is 10.0. The lowest BCUT2D eigenvalue weighted by atomic mass is 10.00. The first-order chi connectivity index (χ1) is 19.7. The maximum absolute atomic E-state index is 13.4. The summed E-state index contributed by atoms with van der Waals surface area (Å²) in [6.45, 7) is 10.9. The molecule has 41 heavy (non-hydrogen) atoms. The molecule has 0 radical (unpaired) electrons. The second-order valence-corrected chi connectivity index (χ2v) is 11.6. The van der Waals surface area contributed by atoms with Crippen LogP contribution in [0.1, 0.15) is 76.6 Å². The van der Waals surface area contributed by atoms with Crippen LogP contribution in [0.5, 0.6) is 0 Å². The van der Waals surface area contributed by atoms with Crippen LogP contribution in [0.15, 0.2) is 24.3 Å². The molecular formula is C31H45N5O5. The Balaban J connectivity index is 1.26. The lowest BCUT2D eigenvalue weighted by Gasteiger charge is -2.37. The summed E-state index contributed by atoms with van der Waals surface area (Å²) in [5.74, 6) is -0.596. The van der Waals surface area contributed by atoms with Gasteiger partial charge >= 0.3 is 0 Å². The maximum atomic E-state index is 13.4. The number of hydrogen-bond donors (Lipinski definition) is 1. The van der Waals surface area contributed by atoms with Crippen molar-refractivity contribution in [2.45, 2.75) is 84.3 Å². The minimum absolute atomic E-state index is 0.00231. The Morgan fingerprint density at radius 3 is 2.34 bits per heavy atom. The van der Waals surface area contributed by atoms with E-state index >= 15 is 0 Å². The molecule has 0 aliphatic carbocycles. The zero-order valence-electron chi connectivity index (χ0n) is 24.9. The highest BCUT2D eigenvalue weighted by molar-refractivity contribution is 5.99. The second kappa shape index (κ2) is 13.5. The van der Waals surface area contributed by atoms with Gasteiger partial charge in [-0.05, 0) is 76.1 Å². The van der Waals surface area contributed by atoms with E-state index in [1.807, 2.05) is 31.2 Å². The number of hydrogen-bond acceptors (Lipinski definition) is 6. The molecule has 3 aliphatic rings. The zero-order valence-corrected chi connectivity index (χ0v) is 24.9. The van der Waals surface area contributed by atoms with E-state index in [9.17, 15) is 24.0 Å². The Bertz CT molecular complexity index is 1130. The molecule has 3 saturated heterocycles. The molecule has 4 atom stereocenters. The van der Waals surface area contributed by atoms with Crippen molar-refractivity contribution < 1.29 is 24.0 Å². The van der Waals surface area contributed by atoms with Gasteiger partial charge in [0.2, 0.25) is 17.7 Å². The average Bonchev–Trinajstić information content (AvgIpc) is 3.55. The molecule has 10 heteroatoms. The molecule has 4 rings (SSSR count). The van der Waals surface area contributed by atoms with Gasteiger partial charge in [-0.15, -0.1) is 0 Å². The number of anilines is 1. The summed E-state index contributed by atoms with van der Waals surface area (Å²) in [7, 11) is 0. The number of rotatable bonds is 10. The van der Waals surface area contributed by atoms with Gasteiger partial charge in [-0.25, -0.2) is 0 Å². The lowest BCUT2D eigenvalue weighted by molar-refractivity contribution is -0.147. The third-order valence-corrected chi connectivity index (χ3v) is 8.92. The van der Waals surface area contributed by atoms with Crippen LogP contribution in [0.3, 0.4) is 0 Å². The van der Waals surface area contributed by atoms with E-state index in [-0.39, 0.29) is 54.3 Å². The largest absolute Gasteiger partial charge is 0.372 e. The third kappa shape index (κ3) is 6.73. The molecule has 0 aromatic heterocycles. The SMILES string of the molecule is CCN(CC)c1ccc(C(=O)NCCC(C)CC(=O)N2CCC3C2C(=O)CN3C(=O)C2CCCCN2C(C)=O)cc1. The summed E-state index contributed by atoms with van der Waals surface area (Å²) in [6.07, 6.45) is 3.85. The number of benzene rings is 1. The lowest BCUT2D eigenvalue weighted by Crippen LogP contribution is -2.54. The minimum Gasteiger partial charge on any atom is -0.372 e. The van der Waals surface area contributed by atoms with E-state index in [0.717, 1.165) is 31.6 Å². The highest BCUT2D eigenvalue weighted by Gasteiger charge is 2.52. The van der Waals surface area contributed by atoms with Gasteiger partial charge in [-0.3, -0.25) is 24.0 Å². The van der Waals surface area contributed by atoms with Crippen molar-refractivity contribution in [1.29, 1.82) is 0 Å². The summed E-state index contributed by atoms with van der Waals surface area (Å²) in [6, 6.07) is 6.13. The average molecular weight is 568 g/mol. The molecule has 4 unspecified atom stereocenters. The van der Waals surface area contributed by atoms with E-state index in [0.29, 0.717) is 44.5 Å². The molecule has 1 aromatic rings. The molecule has 3 fully saturated rings. The molecule has 4 amide bonds. The number of amides is 4. The topological polar surface area (TPSA) is 110 Å². The standard InChI is InChI=1S/C31H45N5O5/c1-5-33(6-2)24-12-10-23(11-13-24)30(40)32-16-14-21(3)19-28(39)35-18-15-25-29(35)27(38)20-36(25)31(41)26-9-7-8-17-34(26)22(4)37/h10-13,21,25-26,29H,5-9,14-20H2,1-4H3,(H,32,40). The van der Waals surface area contributed by atoms with Gasteiger partial charge in [0.05, 0.1) is 12.6 Å². The number of carbonyl (C=O) groups excluding carboxylic acids is 5. The molecule has 1 aromatic carbocycles. The fourth-order valence-corrected chi connectivity index (χ4v) is 6.61. The molecule has 0 bridgehead atoms. The van der Waals surface area contributed by atoms with Gasteiger partial charge in [0.15, 0.2) is 5.78 Å². The van der Waals surface area contributed by atoms with Crippen molar-refractivity contribution in [2.24, 2.45) is 5.92 Å². The molecule has 0 spiro atoms. The highest BCUT2D eigenvalue weighted by atomic mass is 16.2. The van der Waals surface area contributed by atoms with Crippen LogP contribution < -0.4 is 10.2 Å². The van der Waals surface area contributed by atoms with Crippen LogP contribution in [0.25, 0.3) is 0 Å².